The van der Waals surface area contributed by atoms with Crippen molar-refractivity contribution in [2.45, 2.75) is 6.42 Å². The standard InChI is InChI=1S/C11H12ClFN2O2/c12-6-3-7-14-10(16)11(17)15-9-5-2-1-4-8(9)13/h1-2,4-5H,3,6-7H2,(H,14,16)(H,15,17). The van der Waals surface area contributed by atoms with Crippen molar-refractivity contribution in [3.8, 4) is 0 Å². The number of hydrogen-bond acceptors (Lipinski definition) is 2. The first kappa shape index (κ1) is 13.4. The van der Waals surface area contributed by atoms with E-state index in [1.807, 2.05) is 0 Å². The molecule has 0 saturated carbocycles. The third-order valence-corrected chi connectivity index (χ3v) is 2.19. The van der Waals surface area contributed by atoms with Crippen LogP contribution < -0.4 is 10.6 Å². The van der Waals surface area contributed by atoms with Gasteiger partial charge in [0, 0.05) is 12.4 Å². The third kappa shape index (κ3) is 4.40. The monoisotopic (exact) mass is 258 g/mol. The van der Waals surface area contributed by atoms with E-state index in [0.29, 0.717) is 18.8 Å². The molecule has 0 radical (unpaired) electrons. The highest BCUT2D eigenvalue weighted by Crippen LogP contribution is 2.11. The quantitative estimate of drug-likeness (QED) is 0.489. The Morgan fingerprint density at radius 3 is 2.59 bits per heavy atom. The number of hydrogen-bond donors (Lipinski definition) is 2. The summed E-state index contributed by atoms with van der Waals surface area (Å²) in [5.41, 5.74) is -0.0232. The first-order chi connectivity index (χ1) is 8.15. The number of amides is 2. The van der Waals surface area contributed by atoms with Crippen LogP contribution in [0.3, 0.4) is 0 Å². The van der Waals surface area contributed by atoms with E-state index in [1.54, 1.807) is 6.07 Å². The van der Waals surface area contributed by atoms with Gasteiger partial charge in [0.25, 0.3) is 0 Å². The molecule has 92 valence electrons. The summed E-state index contributed by atoms with van der Waals surface area (Å²) in [6.07, 6.45) is 0.570. The molecule has 0 atom stereocenters. The summed E-state index contributed by atoms with van der Waals surface area (Å²) in [4.78, 5) is 22.6. The number of nitrogens with one attached hydrogen (secondary N) is 2. The van der Waals surface area contributed by atoms with Gasteiger partial charge in [0.1, 0.15) is 5.82 Å². The predicted octanol–water partition coefficient (Wildman–Crippen LogP) is 1.51. The Bertz CT molecular complexity index is 412. The van der Waals surface area contributed by atoms with E-state index >= 15 is 0 Å². The lowest BCUT2D eigenvalue weighted by atomic mass is 10.3. The molecule has 0 heterocycles. The van der Waals surface area contributed by atoms with E-state index in [9.17, 15) is 14.0 Å². The van der Waals surface area contributed by atoms with E-state index in [0.717, 1.165) is 0 Å². The minimum absolute atomic E-state index is 0.0232. The van der Waals surface area contributed by atoms with Gasteiger partial charge in [-0.2, -0.15) is 0 Å². The Labute approximate surface area is 103 Å². The molecule has 0 aliphatic rings. The topological polar surface area (TPSA) is 58.2 Å². The van der Waals surface area contributed by atoms with Crippen molar-refractivity contribution in [2.24, 2.45) is 0 Å². The van der Waals surface area contributed by atoms with Crippen LogP contribution in [0.1, 0.15) is 6.42 Å². The van der Waals surface area contributed by atoms with E-state index in [-0.39, 0.29) is 5.69 Å². The van der Waals surface area contributed by atoms with Crippen molar-refractivity contribution < 1.29 is 14.0 Å². The first-order valence-corrected chi connectivity index (χ1v) is 5.58. The lowest BCUT2D eigenvalue weighted by molar-refractivity contribution is -0.136. The maximum absolute atomic E-state index is 13.2. The summed E-state index contributed by atoms with van der Waals surface area (Å²) in [7, 11) is 0. The Hall–Kier alpha value is -1.62. The van der Waals surface area contributed by atoms with E-state index in [4.69, 9.17) is 11.6 Å². The number of alkyl halides is 1. The second kappa shape index (κ2) is 6.85. The summed E-state index contributed by atoms with van der Waals surface area (Å²) >= 11 is 5.41. The number of carbonyl (C=O) groups excluding carboxylic acids is 2. The van der Waals surface area contributed by atoms with Gasteiger partial charge in [-0.25, -0.2) is 4.39 Å². The van der Waals surface area contributed by atoms with Crippen LogP contribution in [0.2, 0.25) is 0 Å². The lowest BCUT2D eigenvalue weighted by Gasteiger charge is -2.06. The highest BCUT2D eigenvalue weighted by atomic mass is 35.5. The molecule has 0 bridgehead atoms. The maximum Gasteiger partial charge on any atom is 0.313 e. The molecule has 0 saturated heterocycles. The van der Waals surface area contributed by atoms with Gasteiger partial charge in [-0.05, 0) is 18.6 Å². The fraction of sp³-hybridized carbons (Fsp3) is 0.273. The Morgan fingerprint density at radius 1 is 1.24 bits per heavy atom. The van der Waals surface area contributed by atoms with Crippen LogP contribution in [-0.2, 0) is 9.59 Å². The molecule has 1 aromatic rings. The highest BCUT2D eigenvalue weighted by molar-refractivity contribution is 6.39. The van der Waals surface area contributed by atoms with Crippen molar-refractivity contribution in [1.82, 2.24) is 5.32 Å². The zero-order valence-electron chi connectivity index (χ0n) is 9.00. The first-order valence-electron chi connectivity index (χ1n) is 5.05. The average molecular weight is 259 g/mol. The molecule has 1 aromatic carbocycles. The molecular formula is C11H12ClFN2O2. The Morgan fingerprint density at radius 2 is 1.94 bits per heavy atom. The molecule has 0 aliphatic heterocycles. The van der Waals surface area contributed by atoms with E-state index < -0.39 is 17.6 Å². The molecule has 0 fully saturated rings. The van der Waals surface area contributed by atoms with Crippen LogP contribution >= 0.6 is 11.6 Å². The smallest absolute Gasteiger partial charge is 0.313 e. The lowest BCUT2D eigenvalue weighted by Crippen LogP contribution is -2.36. The number of carbonyl (C=O) groups is 2. The fourth-order valence-corrected chi connectivity index (χ4v) is 1.22. The van der Waals surface area contributed by atoms with Gasteiger partial charge in [0.2, 0.25) is 0 Å². The molecule has 4 nitrogen and oxygen atoms in total. The summed E-state index contributed by atoms with van der Waals surface area (Å²) in [5, 5.41) is 4.54. The Balaban J connectivity index is 2.49. The minimum atomic E-state index is -0.898. The van der Waals surface area contributed by atoms with Gasteiger partial charge in [0.05, 0.1) is 5.69 Å². The molecule has 1 rings (SSSR count). The Kier molecular flexibility index (Phi) is 5.42. The van der Waals surface area contributed by atoms with Gasteiger partial charge in [0.15, 0.2) is 0 Å². The van der Waals surface area contributed by atoms with Crippen LogP contribution in [0.5, 0.6) is 0 Å². The number of rotatable bonds is 4. The molecule has 2 N–H and O–H groups in total. The van der Waals surface area contributed by atoms with Crippen molar-refractivity contribution in [1.29, 1.82) is 0 Å². The number of halogens is 2. The summed E-state index contributed by atoms with van der Waals surface area (Å²) in [6.45, 7) is 0.313. The molecule has 0 spiro atoms. The van der Waals surface area contributed by atoms with E-state index in [1.165, 1.54) is 18.2 Å². The summed E-state index contributed by atoms with van der Waals surface area (Å²) in [6, 6.07) is 5.62. The second-order valence-corrected chi connectivity index (χ2v) is 3.61. The third-order valence-electron chi connectivity index (χ3n) is 1.92. The van der Waals surface area contributed by atoms with Gasteiger partial charge < -0.3 is 10.6 Å². The maximum atomic E-state index is 13.2. The van der Waals surface area contributed by atoms with Crippen LogP contribution in [0.15, 0.2) is 24.3 Å². The predicted molar refractivity (Wildman–Crippen MR) is 63.4 cm³/mol. The molecule has 0 aromatic heterocycles. The van der Waals surface area contributed by atoms with Crippen LogP contribution in [0, 0.1) is 5.82 Å². The zero-order chi connectivity index (χ0) is 12.7. The zero-order valence-corrected chi connectivity index (χ0v) is 9.76. The second-order valence-electron chi connectivity index (χ2n) is 3.23. The number of para-hydroxylation sites is 1. The molecule has 0 unspecified atom stereocenters. The van der Waals surface area contributed by atoms with Gasteiger partial charge in [-0.3, -0.25) is 9.59 Å². The van der Waals surface area contributed by atoms with Gasteiger partial charge in [-0.15, -0.1) is 11.6 Å². The average Bonchev–Trinajstić information content (AvgIpc) is 2.32. The minimum Gasteiger partial charge on any atom is -0.348 e. The van der Waals surface area contributed by atoms with Crippen molar-refractivity contribution >= 4 is 29.1 Å². The largest absolute Gasteiger partial charge is 0.348 e. The normalized spacial score (nSPS) is 9.76. The molecule has 0 aliphatic carbocycles. The van der Waals surface area contributed by atoms with Crippen molar-refractivity contribution in [2.75, 3.05) is 17.7 Å². The van der Waals surface area contributed by atoms with E-state index in [2.05, 4.69) is 10.6 Å². The van der Waals surface area contributed by atoms with Crippen LogP contribution in [0.25, 0.3) is 0 Å². The SMILES string of the molecule is O=C(NCCCCl)C(=O)Nc1ccccc1F. The molecule has 6 heteroatoms. The van der Waals surface area contributed by atoms with Crippen LogP contribution in [-0.4, -0.2) is 24.2 Å². The van der Waals surface area contributed by atoms with Crippen molar-refractivity contribution in [3.05, 3.63) is 30.1 Å². The van der Waals surface area contributed by atoms with Crippen LogP contribution in [0.4, 0.5) is 10.1 Å². The molecule has 2 amide bonds. The number of anilines is 1. The number of benzene rings is 1. The highest BCUT2D eigenvalue weighted by Gasteiger charge is 2.14. The fourth-order valence-electron chi connectivity index (χ4n) is 1.09. The van der Waals surface area contributed by atoms with Gasteiger partial charge in [-0.1, -0.05) is 12.1 Å². The molecular weight excluding hydrogens is 247 g/mol. The summed E-state index contributed by atoms with van der Waals surface area (Å²) < 4.78 is 13.2. The van der Waals surface area contributed by atoms with Gasteiger partial charge >= 0.3 is 11.8 Å². The van der Waals surface area contributed by atoms with Crippen molar-refractivity contribution in [3.63, 3.8) is 0 Å². The summed E-state index contributed by atoms with van der Waals surface area (Å²) in [5.74, 6) is -1.90. The molecule has 17 heavy (non-hydrogen) atoms.